The highest BCUT2D eigenvalue weighted by Crippen LogP contribution is 2.23. The molecule has 1 unspecified atom stereocenters. The van der Waals surface area contributed by atoms with E-state index in [-0.39, 0.29) is 24.7 Å². The van der Waals surface area contributed by atoms with Gasteiger partial charge in [-0.2, -0.15) is 0 Å². The lowest BCUT2D eigenvalue weighted by Gasteiger charge is -2.16. The summed E-state index contributed by atoms with van der Waals surface area (Å²) < 4.78 is 5.29. The van der Waals surface area contributed by atoms with Crippen molar-refractivity contribution in [3.05, 3.63) is 71.4 Å². The number of hydrogen-bond acceptors (Lipinski definition) is 4. The molecular weight excluding hydrogens is 380 g/mol. The number of amides is 1. The maximum atomic E-state index is 12.7. The molecule has 1 aliphatic heterocycles. The Labute approximate surface area is 174 Å². The molecule has 0 spiro atoms. The smallest absolute Gasteiger partial charge is 0.311 e. The van der Waals surface area contributed by atoms with Crippen LogP contribution in [0.1, 0.15) is 28.0 Å². The Balaban J connectivity index is 1.32. The SMILES string of the molecule is Cc1[nH]c2ccccc2c1C(=O)COC(=O)C1CC(=O)N(CCc2ccccc2)C1. The van der Waals surface area contributed by atoms with Crippen LogP contribution in [0.15, 0.2) is 54.6 Å². The highest BCUT2D eigenvalue weighted by Gasteiger charge is 2.35. The van der Waals surface area contributed by atoms with E-state index in [2.05, 4.69) is 4.98 Å². The summed E-state index contributed by atoms with van der Waals surface area (Å²) in [5.74, 6) is -1.31. The molecule has 1 saturated heterocycles. The summed E-state index contributed by atoms with van der Waals surface area (Å²) in [6, 6.07) is 17.5. The molecule has 2 aromatic carbocycles. The summed E-state index contributed by atoms with van der Waals surface area (Å²) >= 11 is 0. The minimum atomic E-state index is -0.523. The Morgan fingerprint density at radius 3 is 2.63 bits per heavy atom. The predicted octanol–water partition coefficient (Wildman–Crippen LogP) is 3.29. The van der Waals surface area contributed by atoms with E-state index in [0.717, 1.165) is 28.6 Å². The average molecular weight is 404 g/mol. The van der Waals surface area contributed by atoms with Gasteiger partial charge in [0, 0.05) is 41.7 Å². The quantitative estimate of drug-likeness (QED) is 0.484. The topological polar surface area (TPSA) is 79.5 Å². The molecule has 1 N–H and O–H groups in total. The van der Waals surface area contributed by atoms with Gasteiger partial charge in [-0.05, 0) is 25.0 Å². The number of carbonyl (C=O) groups is 3. The second-order valence-corrected chi connectivity index (χ2v) is 7.68. The number of hydrogen-bond donors (Lipinski definition) is 1. The third kappa shape index (κ3) is 4.13. The van der Waals surface area contributed by atoms with Gasteiger partial charge in [-0.25, -0.2) is 0 Å². The first-order valence-corrected chi connectivity index (χ1v) is 10.1. The molecule has 0 saturated carbocycles. The van der Waals surface area contributed by atoms with Crippen LogP contribution in [0.5, 0.6) is 0 Å². The zero-order valence-corrected chi connectivity index (χ0v) is 16.9. The summed E-state index contributed by atoms with van der Waals surface area (Å²) in [5.41, 5.74) is 3.32. The lowest BCUT2D eigenvalue weighted by Crippen LogP contribution is -2.29. The molecule has 3 aromatic rings. The summed E-state index contributed by atoms with van der Waals surface area (Å²) in [5, 5.41) is 0.819. The molecule has 1 amide bonds. The van der Waals surface area contributed by atoms with Crippen molar-refractivity contribution < 1.29 is 19.1 Å². The van der Waals surface area contributed by atoms with Crippen molar-refractivity contribution in [2.24, 2.45) is 5.92 Å². The summed E-state index contributed by atoms with van der Waals surface area (Å²) in [7, 11) is 0. The number of aryl methyl sites for hydroxylation is 1. The number of likely N-dealkylation sites (tertiary alicyclic amines) is 1. The first-order chi connectivity index (χ1) is 14.5. The van der Waals surface area contributed by atoms with Crippen LogP contribution in [0.4, 0.5) is 0 Å². The van der Waals surface area contributed by atoms with E-state index in [1.54, 1.807) is 4.90 Å². The number of carbonyl (C=O) groups excluding carboxylic acids is 3. The number of aromatic amines is 1. The fourth-order valence-corrected chi connectivity index (χ4v) is 4.02. The van der Waals surface area contributed by atoms with E-state index >= 15 is 0 Å². The van der Waals surface area contributed by atoms with Gasteiger partial charge in [0.05, 0.1) is 5.92 Å². The largest absolute Gasteiger partial charge is 0.457 e. The molecule has 6 heteroatoms. The Kier molecular flexibility index (Phi) is 5.65. The molecule has 0 aliphatic carbocycles. The molecule has 4 rings (SSSR count). The van der Waals surface area contributed by atoms with Crippen LogP contribution >= 0.6 is 0 Å². The van der Waals surface area contributed by atoms with Crippen molar-refractivity contribution in [2.75, 3.05) is 19.7 Å². The number of para-hydroxylation sites is 1. The third-order valence-electron chi connectivity index (χ3n) is 5.58. The van der Waals surface area contributed by atoms with E-state index in [1.807, 2.05) is 61.5 Å². The summed E-state index contributed by atoms with van der Waals surface area (Å²) in [6.45, 7) is 2.41. The number of nitrogens with one attached hydrogen (secondary N) is 1. The maximum absolute atomic E-state index is 12.7. The standard InChI is InChI=1S/C24H24N2O4/c1-16-23(19-9-5-6-10-20(19)25-16)21(27)15-30-24(29)18-13-22(28)26(14-18)12-11-17-7-3-2-4-8-17/h2-10,18,25H,11-15H2,1H3. The van der Waals surface area contributed by atoms with E-state index in [9.17, 15) is 14.4 Å². The Bertz CT molecular complexity index is 1090. The lowest BCUT2D eigenvalue weighted by atomic mass is 10.1. The van der Waals surface area contributed by atoms with E-state index in [0.29, 0.717) is 18.7 Å². The zero-order chi connectivity index (χ0) is 21.1. The maximum Gasteiger partial charge on any atom is 0.311 e. The molecule has 2 heterocycles. The van der Waals surface area contributed by atoms with Gasteiger partial charge in [-0.3, -0.25) is 14.4 Å². The second-order valence-electron chi connectivity index (χ2n) is 7.68. The van der Waals surface area contributed by atoms with Crippen molar-refractivity contribution in [1.82, 2.24) is 9.88 Å². The predicted molar refractivity (Wildman–Crippen MR) is 113 cm³/mol. The number of benzene rings is 2. The van der Waals surface area contributed by atoms with Crippen molar-refractivity contribution in [3.8, 4) is 0 Å². The van der Waals surface area contributed by atoms with Crippen LogP contribution < -0.4 is 0 Å². The number of rotatable bonds is 7. The van der Waals surface area contributed by atoms with Gasteiger partial charge >= 0.3 is 5.97 Å². The number of H-pyrrole nitrogens is 1. The highest BCUT2D eigenvalue weighted by molar-refractivity contribution is 6.10. The molecule has 1 aliphatic rings. The molecular formula is C24H24N2O4. The Hall–Kier alpha value is -3.41. The molecule has 6 nitrogen and oxygen atoms in total. The van der Waals surface area contributed by atoms with Gasteiger partial charge in [0.15, 0.2) is 6.61 Å². The number of ketones is 1. The highest BCUT2D eigenvalue weighted by atomic mass is 16.5. The van der Waals surface area contributed by atoms with Crippen LogP contribution in [-0.2, 0) is 20.7 Å². The fourth-order valence-electron chi connectivity index (χ4n) is 4.02. The lowest BCUT2D eigenvalue weighted by molar-refractivity contribution is -0.147. The summed E-state index contributed by atoms with van der Waals surface area (Å²) in [6.07, 6.45) is 0.876. The molecule has 0 radical (unpaired) electrons. The minimum Gasteiger partial charge on any atom is -0.457 e. The van der Waals surface area contributed by atoms with Crippen molar-refractivity contribution >= 4 is 28.6 Å². The van der Waals surface area contributed by atoms with Crippen molar-refractivity contribution in [1.29, 1.82) is 0 Å². The van der Waals surface area contributed by atoms with Gasteiger partial charge in [0.1, 0.15) is 0 Å². The van der Waals surface area contributed by atoms with Crippen LogP contribution in [0.3, 0.4) is 0 Å². The van der Waals surface area contributed by atoms with E-state index in [4.69, 9.17) is 4.74 Å². The van der Waals surface area contributed by atoms with Crippen LogP contribution in [0.2, 0.25) is 0 Å². The van der Waals surface area contributed by atoms with Crippen molar-refractivity contribution in [3.63, 3.8) is 0 Å². The number of aromatic nitrogens is 1. The monoisotopic (exact) mass is 404 g/mol. The number of fused-ring (bicyclic) bond motifs is 1. The van der Waals surface area contributed by atoms with Gasteiger partial charge in [0.25, 0.3) is 0 Å². The zero-order valence-electron chi connectivity index (χ0n) is 16.9. The van der Waals surface area contributed by atoms with Crippen LogP contribution in [0.25, 0.3) is 10.9 Å². The first-order valence-electron chi connectivity index (χ1n) is 10.1. The minimum absolute atomic E-state index is 0.0494. The second kappa shape index (κ2) is 8.53. The van der Waals surface area contributed by atoms with Gasteiger partial charge in [-0.15, -0.1) is 0 Å². The number of nitrogens with zero attached hydrogens (tertiary/aromatic N) is 1. The number of esters is 1. The fraction of sp³-hybridized carbons (Fsp3) is 0.292. The molecule has 1 aromatic heterocycles. The van der Waals surface area contributed by atoms with E-state index < -0.39 is 11.9 Å². The third-order valence-corrected chi connectivity index (χ3v) is 5.58. The number of ether oxygens (including phenoxy) is 1. The molecule has 0 bridgehead atoms. The molecule has 1 atom stereocenters. The van der Waals surface area contributed by atoms with Crippen LogP contribution in [0, 0.1) is 12.8 Å². The van der Waals surface area contributed by atoms with Crippen molar-refractivity contribution in [2.45, 2.75) is 19.8 Å². The van der Waals surface area contributed by atoms with Gasteiger partial charge in [-0.1, -0.05) is 48.5 Å². The van der Waals surface area contributed by atoms with Gasteiger partial charge < -0.3 is 14.6 Å². The molecule has 30 heavy (non-hydrogen) atoms. The Morgan fingerprint density at radius 1 is 1.10 bits per heavy atom. The van der Waals surface area contributed by atoms with E-state index in [1.165, 1.54) is 0 Å². The molecule has 154 valence electrons. The normalized spacial score (nSPS) is 16.2. The van der Waals surface area contributed by atoms with Gasteiger partial charge in [0.2, 0.25) is 11.7 Å². The first kappa shape index (κ1) is 19.9. The number of Topliss-reactive ketones (excluding diaryl/α,β-unsaturated/α-hetero) is 1. The summed E-state index contributed by atoms with van der Waals surface area (Å²) in [4.78, 5) is 42.3. The molecule has 1 fully saturated rings. The Morgan fingerprint density at radius 2 is 1.83 bits per heavy atom. The average Bonchev–Trinajstić information content (AvgIpc) is 3.29. The van der Waals surface area contributed by atoms with Crippen LogP contribution in [-0.4, -0.2) is 47.2 Å².